The van der Waals surface area contributed by atoms with E-state index < -0.39 is 0 Å². The van der Waals surface area contributed by atoms with Crippen LogP contribution >= 0.6 is 0 Å². The van der Waals surface area contributed by atoms with Gasteiger partial charge in [0.1, 0.15) is 5.82 Å². The molecule has 6 nitrogen and oxygen atoms in total. The summed E-state index contributed by atoms with van der Waals surface area (Å²) in [6, 6.07) is 6.43. The molecule has 1 saturated heterocycles. The van der Waals surface area contributed by atoms with E-state index in [2.05, 4.69) is 10.2 Å². The second-order valence-electron chi connectivity index (χ2n) is 8.26. The van der Waals surface area contributed by atoms with Gasteiger partial charge >= 0.3 is 0 Å². The van der Waals surface area contributed by atoms with Crippen LogP contribution < -0.4 is 5.32 Å². The van der Waals surface area contributed by atoms with Crippen molar-refractivity contribution in [3.63, 3.8) is 0 Å². The highest BCUT2D eigenvalue weighted by Gasteiger charge is 2.24. The number of nitrogens with zero attached hydrogens (tertiary/aromatic N) is 3. The number of nitrogens with one attached hydrogen (secondary N) is 1. The third-order valence-electron chi connectivity index (χ3n) is 4.35. The molecule has 0 saturated carbocycles. The van der Waals surface area contributed by atoms with Crippen molar-refractivity contribution in [2.75, 3.05) is 46.3 Å². The molecule has 0 atom stereocenters. The molecule has 1 aromatic rings. The molecular formula is C20H31FN4O2. The first-order valence-electron chi connectivity index (χ1n) is 9.36. The summed E-state index contributed by atoms with van der Waals surface area (Å²) in [6.45, 7) is 9.68. The fourth-order valence-electron chi connectivity index (χ4n) is 3.15. The van der Waals surface area contributed by atoms with E-state index in [9.17, 15) is 14.0 Å². The summed E-state index contributed by atoms with van der Waals surface area (Å²) in [7, 11) is 1.86. The number of hydrogen-bond acceptors (Lipinski definition) is 4. The molecule has 2 amide bonds. The highest BCUT2D eigenvalue weighted by molar-refractivity contribution is 5.79. The number of carbonyl (C=O) groups excluding carboxylic acids is 2. The summed E-state index contributed by atoms with van der Waals surface area (Å²) in [4.78, 5) is 30.3. The number of piperazine rings is 1. The number of halogens is 1. The molecule has 7 heteroatoms. The van der Waals surface area contributed by atoms with Crippen molar-refractivity contribution in [3.05, 3.63) is 35.6 Å². The molecule has 27 heavy (non-hydrogen) atoms. The first-order valence-corrected chi connectivity index (χ1v) is 9.36. The van der Waals surface area contributed by atoms with Gasteiger partial charge in [0.05, 0.1) is 13.1 Å². The van der Waals surface area contributed by atoms with E-state index in [1.807, 2.05) is 43.7 Å². The van der Waals surface area contributed by atoms with Crippen molar-refractivity contribution >= 4 is 11.8 Å². The van der Waals surface area contributed by atoms with E-state index in [-0.39, 0.29) is 23.2 Å². The van der Waals surface area contributed by atoms with Crippen LogP contribution in [0, 0.1) is 5.82 Å². The van der Waals surface area contributed by atoms with Crippen LogP contribution in [0.5, 0.6) is 0 Å². The van der Waals surface area contributed by atoms with E-state index >= 15 is 0 Å². The van der Waals surface area contributed by atoms with Crippen molar-refractivity contribution in [2.45, 2.75) is 32.9 Å². The number of likely N-dealkylation sites (N-methyl/N-ethyl adjacent to an activating group) is 1. The molecular weight excluding hydrogens is 347 g/mol. The lowest BCUT2D eigenvalue weighted by atomic mass is 10.1. The van der Waals surface area contributed by atoms with Crippen LogP contribution in [0.4, 0.5) is 4.39 Å². The topological polar surface area (TPSA) is 55.9 Å². The Labute approximate surface area is 161 Å². The molecule has 1 aliphatic rings. The first kappa shape index (κ1) is 21.3. The van der Waals surface area contributed by atoms with Crippen LogP contribution in [0.2, 0.25) is 0 Å². The van der Waals surface area contributed by atoms with Crippen molar-refractivity contribution < 1.29 is 14.0 Å². The number of carbonyl (C=O) groups is 2. The molecule has 0 aliphatic carbocycles. The van der Waals surface area contributed by atoms with E-state index in [0.29, 0.717) is 45.8 Å². The van der Waals surface area contributed by atoms with Crippen molar-refractivity contribution in [1.29, 1.82) is 0 Å². The molecule has 1 aromatic carbocycles. The van der Waals surface area contributed by atoms with Crippen LogP contribution in [0.25, 0.3) is 0 Å². The van der Waals surface area contributed by atoms with Gasteiger partial charge < -0.3 is 10.2 Å². The zero-order valence-electron chi connectivity index (χ0n) is 16.8. The highest BCUT2D eigenvalue weighted by Crippen LogP contribution is 2.08. The lowest BCUT2D eigenvalue weighted by Crippen LogP contribution is -2.54. The Kier molecular flexibility index (Phi) is 7.33. The van der Waals surface area contributed by atoms with Crippen LogP contribution in [-0.4, -0.2) is 78.4 Å². The molecule has 0 unspecified atom stereocenters. The van der Waals surface area contributed by atoms with Gasteiger partial charge in [-0.15, -0.1) is 0 Å². The van der Waals surface area contributed by atoms with Crippen molar-refractivity contribution in [1.82, 2.24) is 20.0 Å². The number of benzene rings is 1. The quantitative estimate of drug-likeness (QED) is 0.811. The summed E-state index contributed by atoms with van der Waals surface area (Å²) in [5, 5.41) is 2.96. The minimum Gasteiger partial charge on any atom is -0.350 e. The molecule has 0 radical (unpaired) electrons. The Morgan fingerprint density at radius 3 is 2.44 bits per heavy atom. The third kappa shape index (κ3) is 7.64. The molecule has 1 N–H and O–H groups in total. The molecule has 0 spiro atoms. The van der Waals surface area contributed by atoms with Crippen molar-refractivity contribution in [3.8, 4) is 0 Å². The average molecular weight is 378 g/mol. The van der Waals surface area contributed by atoms with Crippen molar-refractivity contribution in [2.24, 2.45) is 0 Å². The average Bonchev–Trinajstić information content (AvgIpc) is 2.53. The van der Waals surface area contributed by atoms with Crippen LogP contribution in [0.15, 0.2) is 24.3 Å². The molecule has 1 fully saturated rings. The van der Waals surface area contributed by atoms with Gasteiger partial charge in [-0.25, -0.2) is 4.39 Å². The van der Waals surface area contributed by atoms with Gasteiger partial charge in [-0.2, -0.15) is 0 Å². The monoisotopic (exact) mass is 378 g/mol. The molecule has 150 valence electrons. The Balaban J connectivity index is 1.73. The largest absolute Gasteiger partial charge is 0.350 e. The lowest BCUT2D eigenvalue weighted by molar-refractivity contribution is -0.134. The van der Waals surface area contributed by atoms with E-state index in [0.717, 1.165) is 5.56 Å². The lowest BCUT2D eigenvalue weighted by Gasteiger charge is -2.35. The van der Waals surface area contributed by atoms with Gasteiger partial charge in [0.25, 0.3) is 0 Å². The smallest absolute Gasteiger partial charge is 0.236 e. The van der Waals surface area contributed by atoms with Gasteiger partial charge in [0.2, 0.25) is 11.8 Å². The Morgan fingerprint density at radius 2 is 1.85 bits per heavy atom. The summed E-state index contributed by atoms with van der Waals surface area (Å²) < 4.78 is 13.3. The minimum absolute atomic E-state index is 0.0112. The van der Waals surface area contributed by atoms with Crippen LogP contribution in [0.3, 0.4) is 0 Å². The Hall–Kier alpha value is -1.99. The summed E-state index contributed by atoms with van der Waals surface area (Å²) in [5.74, 6) is -0.191. The number of rotatable bonds is 6. The molecule has 1 heterocycles. The van der Waals surface area contributed by atoms with Gasteiger partial charge in [-0.05, 0) is 45.5 Å². The maximum Gasteiger partial charge on any atom is 0.236 e. The minimum atomic E-state index is -0.265. The highest BCUT2D eigenvalue weighted by atomic mass is 19.1. The number of amides is 2. The predicted molar refractivity (Wildman–Crippen MR) is 104 cm³/mol. The fraction of sp³-hybridized carbons (Fsp3) is 0.600. The predicted octanol–water partition coefficient (Wildman–Crippen LogP) is 1.32. The summed E-state index contributed by atoms with van der Waals surface area (Å²) in [6.07, 6.45) is 0. The van der Waals surface area contributed by atoms with E-state index in [1.165, 1.54) is 12.1 Å². The van der Waals surface area contributed by atoms with Crippen LogP contribution in [-0.2, 0) is 16.1 Å². The van der Waals surface area contributed by atoms with E-state index in [1.54, 1.807) is 6.07 Å². The van der Waals surface area contributed by atoms with Crippen LogP contribution in [0.1, 0.15) is 26.3 Å². The second kappa shape index (κ2) is 9.28. The van der Waals surface area contributed by atoms with E-state index in [4.69, 9.17) is 0 Å². The second-order valence-corrected chi connectivity index (χ2v) is 8.26. The molecule has 0 aromatic heterocycles. The summed E-state index contributed by atoms with van der Waals surface area (Å²) >= 11 is 0. The Bertz CT molecular complexity index is 652. The van der Waals surface area contributed by atoms with Gasteiger partial charge in [0.15, 0.2) is 0 Å². The zero-order chi connectivity index (χ0) is 20.0. The number of hydrogen-bond donors (Lipinski definition) is 1. The Morgan fingerprint density at radius 1 is 1.19 bits per heavy atom. The van der Waals surface area contributed by atoms with Gasteiger partial charge in [-0.3, -0.25) is 19.4 Å². The molecule has 2 rings (SSSR count). The van der Waals surface area contributed by atoms with Gasteiger partial charge in [-0.1, -0.05) is 12.1 Å². The van der Waals surface area contributed by atoms with Gasteiger partial charge in [0, 0.05) is 38.3 Å². The fourth-order valence-corrected chi connectivity index (χ4v) is 3.15. The first-order chi connectivity index (χ1) is 12.6. The standard InChI is InChI=1S/C20H31FN4O2/c1-20(2,3)22-18(26)14-24-8-10-25(11-9-24)19(27)15-23(4)13-16-6-5-7-17(21)12-16/h5-7,12H,8-11,13-15H2,1-4H3,(H,22,26). The molecule has 1 aliphatic heterocycles. The summed E-state index contributed by atoms with van der Waals surface area (Å²) in [5.41, 5.74) is 0.612. The SMILES string of the molecule is CN(CC(=O)N1CCN(CC(=O)NC(C)(C)C)CC1)Cc1cccc(F)c1. The zero-order valence-corrected chi connectivity index (χ0v) is 16.8. The third-order valence-corrected chi connectivity index (χ3v) is 4.35. The maximum absolute atomic E-state index is 13.3. The maximum atomic E-state index is 13.3. The normalized spacial score (nSPS) is 15.9. The molecule has 0 bridgehead atoms.